The van der Waals surface area contributed by atoms with Gasteiger partial charge in [-0.1, -0.05) is 26.2 Å². The third-order valence-corrected chi connectivity index (χ3v) is 3.93. The normalized spacial score (nSPS) is 10.4. The number of esters is 1. The van der Waals surface area contributed by atoms with Gasteiger partial charge in [-0.3, -0.25) is 0 Å². The van der Waals surface area contributed by atoms with Crippen molar-refractivity contribution in [3.05, 3.63) is 53.6 Å². The van der Waals surface area contributed by atoms with E-state index in [-0.39, 0.29) is 5.97 Å². The van der Waals surface area contributed by atoms with Gasteiger partial charge in [0, 0.05) is 0 Å². The van der Waals surface area contributed by atoms with Crippen LogP contribution >= 0.6 is 0 Å². The third kappa shape index (κ3) is 5.82. The Kier molecular flexibility index (Phi) is 7.33. The van der Waals surface area contributed by atoms with Crippen molar-refractivity contribution in [3.8, 4) is 17.2 Å². The highest BCUT2D eigenvalue weighted by molar-refractivity contribution is 5.91. The van der Waals surface area contributed by atoms with E-state index in [1.807, 2.05) is 6.92 Å². The molecule has 0 N–H and O–H groups in total. The Morgan fingerprint density at radius 1 is 0.960 bits per heavy atom. The van der Waals surface area contributed by atoms with Gasteiger partial charge < -0.3 is 14.2 Å². The van der Waals surface area contributed by atoms with E-state index in [0.717, 1.165) is 23.5 Å². The zero-order valence-electron chi connectivity index (χ0n) is 15.2. The van der Waals surface area contributed by atoms with Crippen LogP contribution in [0.4, 0.5) is 0 Å². The molecule has 0 spiro atoms. The molecule has 0 atom stereocenters. The number of hydrogen-bond acceptors (Lipinski definition) is 4. The molecule has 0 aliphatic rings. The van der Waals surface area contributed by atoms with E-state index in [4.69, 9.17) is 14.2 Å². The Morgan fingerprint density at radius 2 is 1.68 bits per heavy atom. The minimum Gasteiger partial charge on any atom is -0.496 e. The number of carbonyl (C=O) groups excluding carboxylic acids is 1. The van der Waals surface area contributed by atoms with Crippen LogP contribution in [0.15, 0.2) is 42.5 Å². The zero-order valence-corrected chi connectivity index (χ0v) is 15.2. The van der Waals surface area contributed by atoms with Crippen molar-refractivity contribution in [1.29, 1.82) is 0 Å². The van der Waals surface area contributed by atoms with Crippen LogP contribution in [-0.2, 0) is 0 Å². The molecule has 4 nitrogen and oxygen atoms in total. The first-order valence-corrected chi connectivity index (χ1v) is 8.73. The van der Waals surface area contributed by atoms with E-state index in [1.54, 1.807) is 49.6 Å². The lowest BCUT2D eigenvalue weighted by Gasteiger charge is -2.09. The van der Waals surface area contributed by atoms with Crippen molar-refractivity contribution in [1.82, 2.24) is 0 Å². The maximum Gasteiger partial charge on any atom is 0.343 e. The molecule has 0 bridgehead atoms. The Morgan fingerprint density at radius 3 is 2.32 bits per heavy atom. The summed E-state index contributed by atoms with van der Waals surface area (Å²) in [6.07, 6.45) is 4.68. The van der Waals surface area contributed by atoms with Gasteiger partial charge in [0.25, 0.3) is 0 Å². The molecular formula is C21H26O4. The molecule has 134 valence electrons. The maximum atomic E-state index is 12.2. The van der Waals surface area contributed by atoms with Gasteiger partial charge in [-0.25, -0.2) is 4.79 Å². The summed E-state index contributed by atoms with van der Waals surface area (Å²) in [6.45, 7) is 4.80. The van der Waals surface area contributed by atoms with E-state index in [9.17, 15) is 4.79 Å². The summed E-state index contributed by atoms with van der Waals surface area (Å²) in [5, 5.41) is 0. The second-order valence-electron chi connectivity index (χ2n) is 5.95. The van der Waals surface area contributed by atoms with Crippen molar-refractivity contribution in [2.75, 3.05) is 13.7 Å². The summed E-state index contributed by atoms with van der Waals surface area (Å²) in [7, 11) is 1.61. The molecule has 0 heterocycles. The van der Waals surface area contributed by atoms with Crippen LogP contribution in [-0.4, -0.2) is 19.7 Å². The van der Waals surface area contributed by atoms with Crippen molar-refractivity contribution in [2.24, 2.45) is 0 Å². The minimum absolute atomic E-state index is 0.390. The van der Waals surface area contributed by atoms with Gasteiger partial charge in [-0.05, 0) is 61.4 Å². The first-order valence-electron chi connectivity index (χ1n) is 8.73. The predicted molar refractivity (Wildman–Crippen MR) is 98.8 cm³/mol. The van der Waals surface area contributed by atoms with E-state index < -0.39 is 0 Å². The van der Waals surface area contributed by atoms with Gasteiger partial charge >= 0.3 is 5.97 Å². The van der Waals surface area contributed by atoms with Gasteiger partial charge in [-0.2, -0.15) is 0 Å². The second-order valence-corrected chi connectivity index (χ2v) is 5.95. The van der Waals surface area contributed by atoms with Crippen LogP contribution in [0, 0.1) is 6.92 Å². The molecule has 0 amide bonds. The lowest BCUT2D eigenvalue weighted by Crippen LogP contribution is -2.08. The average molecular weight is 342 g/mol. The molecule has 0 aliphatic heterocycles. The van der Waals surface area contributed by atoms with Gasteiger partial charge in [0.2, 0.25) is 0 Å². The standard InChI is InChI=1S/C21H26O4/c1-4-5-6-7-14-24-18-10-8-17(9-11-18)21(22)25-19-12-13-20(23-3)16(2)15-19/h8-13,15H,4-7,14H2,1-3H3. The van der Waals surface area contributed by atoms with Gasteiger partial charge in [0.15, 0.2) is 0 Å². The van der Waals surface area contributed by atoms with Crippen LogP contribution in [0.1, 0.15) is 48.5 Å². The minimum atomic E-state index is -0.390. The molecule has 0 radical (unpaired) electrons. The molecule has 2 rings (SSSR count). The zero-order chi connectivity index (χ0) is 18.1. The molecule has 4 heteroatoms. The number of carbonyl (C=O) groups is 1. The first-order chi connectivity index (χ1) is 12.1. The van der Waals surface area contributed by atoms with E-state index in [1.165, 1.54) is 19.3 Å². The fraction of sp³-hybridized carbons (Fsp3) is 0.381. The third-order valence-electron chi connectivity index (χ3n) is 3.93. The highest BCUT2D eigenvalue weighted by Gasteiger charge is 2.10. The molecule has 0 saturated heterocycles. The SMILES string of the molecule is CCCCCCOc1ccc(C(=O)Oc2ccc(OC)c(C)c2)cc1. The summed E-state index contributed by atoms with van der Waals surface area (Å²) < 4.78 is 16.3. The summed E-state index contributed by atoms with van der Waals surface area (Å²) >= 11 is 0. The lowest BCUT2D eigenvalue weighted by atomic mass is 10.2. The van der Waals surface area contributed by atoms with Crippen molar-refractivity contribution < 1.29 is 19.0 Å². The van der Waals surface area contributed by atoms with Crippen LogP contribution in [0.25, 0.3) is 0 Å². The van der Waals surface area contributed by atoms with Crippen LogP contribution < -0.4 is 14.2 Å². The fourth-order valence-electron chi connectivity index (χ4n) is 2.49. The largest absolute Gasteiger partial charge is 0.496 e. The lowest BCUT2D eigenvalue weighted by molar-refractivity contribution is 0.0734. The molecule has 0 fully saturated rings. The van der Waals surface area contributed by atoms with E-state index in [0.29, 0.717) is 17.9 Å². The second kappa shape index (κ2) is 9.72. The summed E-state index contributed by atoms with van der Waals surface area (Å²) in [6, 6.07) is 12.3. The number of rotatable bonds is 9. The number of benzene rings is 2. The van der Waals surface area contributed by atoms with Gasteiger partial charge in [0.1, 0.15) is 17.2 Å². The number of aryl methyl sites for hydroxylation is 1. The number of unbranched alkanes of at least 4 members (excludes halogenated alkanes) is 3. The monoisotopic (exact) mass is 342 g/mol. The fourth-order valence-corrected chi connectivity index (χ4v) is 2.49. The van der Waals surface area contributed by atoms with Crippen molar-refractivity contribution in [3.63, 3.8) is 0 Å². The smallest absolute Gasteiger partial charge is 0.343 e. The van der Waals surface area contributed by atoms with Crippen molar-refractivity contribution >= 4 is 5.97 Å². The number of ether oxygens (including phenoxy) is 3. The summed E-state index contributed by atoms with van der Waals surface area (Å²) in [5.41, 5.74) is 1.41. The summed E-state index contributed by atoms with van der Waals surface area (Å²) in [5.74, 6) is 1.65. The molecule has 2 aromatic rings. The quantitative estimate of drug-likeness (QED) is 0.358. The van der Waals surface area contributed by atoms with Gasteiger partial charge in [0.05, 0.1) is 19.3 Å². The Hall–Kier alpha value is -2.49. The predicted octanol–water partition coefficient (Wildman–Crippen LogP) is 5.18. The molecule has 0 unspecified atom stereocenters. The molecule has 25 heavy (non-hydrogen) atoms. The topological polar surface area (TPSA) is 44.8 Å². The number of hydrogen-bond donors (Lipinski definition) is 0. The molecule has 0 aromatic heterocycles. The maximum absolute atomic E-state index is 12.2. The summed E-state index contributed by atoms with van der Waals surface area (Å²) in [4.78, 5) is 12.2. The first kappa shape index (κ1) is 18.8. The van der Waals surface area contributed by atoms with Crippen molar-refractivity contribution in [2.45, 2.75) is 39.5 Å². The molecular weight excluding hydrogens is 316 g/mol. The highest BCUT2D eigenvalue weighted by Crippen LogP contribution is 2.24. The average Bonchev–Trinajstić information content (AvgIpc) is 2.62. The highest BCUT2D eigenvalue weighted by atomic mass is 16.5. The van der Waals surface area contributed by atoms with Crippen LogP contribution in [0.2, 0.25) is 0 Å². The molecule has 2 aromatic carbocycles. The number of methoxy groups -OCH3 is 1. The Balaban J connectivity index is 1.88. The molecule has 0 saturated carbocycles. The van der Waals surface area contributed by atoms with E-state index >= 15 is 0 Å². The Labute approximate surface area is 149 Å². The molecule has 0 aliphatic carbocycles. The van der Waals surface area contributed by atoms with Crippen LogP contribution in [0.3, 0.4) is 0 Å². The van der Waals surface area contributed by atoms with Crippen LogP contribution in [0.5, 0.6) is 17.2 Å². The Bertz CT molecular complexity index is 677. The van der Waals surface area contributed by atoms with Gasteiger partial charge in [-0.15, -0.1) is 0 Å². The van der Waals surface area contributed by atoms with E-state index in [2.05, 4.69) is 6.92 Å².